The van der Waals surface area contributed by atoms with Gasteiger partial charge in [0.1, 0.15) is 0 Å². The van der Waals surface area contributed by atoms with Gasteiger partial charge in [0.25, 0.3) is 5.92 Å². The van der Waals surface area contributed by atoms with Gasteiger partial charge in [0.2, 0.25) is 0 Å². The lowest BCUT2D eigenvalue weighted by atomic mass is 9.95. The topological polar surface area (TPSA) is 26.0 Å². The Morgan fingerprint density at radius 2 is 1.73 bits per heavy atom. The van der Waals surface area contributed by atoms with Crippen molar-refractivity contribution in [2.24, 2.45) is 5.73 Å². The van der Waals surface area contributed by atoms with Crippen LogP contribution in [0.2, 0.25) is 10.0 Å². The van der Waals surface area contributed by atoms with Crippen LogP contribution in [0.4, 0.5) is 8.78 Å². The zero-order valence-electron chi connectivity index (χ0n) is 7.74. The van der Waals surface area contributed by atoms with Crippen molar-refractivity contribution < 1.29 is 8.78 Å². The Labute approximate surface area is 96.2 Å². The molecule has 2 N–H and O–H groups in total. The summed E-state index contributed by atoms with van der Waals surface area (Å²) in [5, 5.41) is 0.509. The van der Waals surface area contributed by atoms with Gasteiger partial charge in [0, 0.05) is 28.6 Å². The molecule has 0 aromatic heterocycles. The van der Waals surface area contributed by atoms with Gasteiger partial charge in [-0.2, -0.15) is 0 Å². The van der Waals surface area contributed by atoms with Crippen LogP contribution in [-0.2, 0) is 5.41 Å². The molecule has 1 aliphatic rings. The van der Waals surface area contributed by atoms with Crippen LogP contribution in [0.15, 0.2) is 18.2 Å². The van der Waals surface area contributed by atoms with Gasteiger partial charge in [-0.05, 0) is 12.1 Å². The van der Waals surface area contributed by atoms with Crippen LogP contribution in [0.5, 0.6) is 0 Å². The zero-order chi connectivity index (χ0) is 11.3. The number of alkyl halides is 2. The highest BCUT2D eigenvalue weighted by Crippen LogP contribution is 2.63. The Morgan fingerprint density at radius 3 is 2.07 bits per heavy atom. The minimum absolute atomic E-state index is 0.149. The number of halogens is 4. The summed E-state index contributed by atoms with van der Waals surface area (Å²) < 4.78 is 26.6. The first-order chi connectivity index (χ1) is 6.94. The van der Waals surface area contributed by atoms with Crippen molar-refractivity contribution in [3.05, 3.63) is 33.8 Å². The summed E-state index contributed by atoms with van der Waals surface area (Å²) in [7, 11) is 0. The van der Waals surface area contributed by atoms with Gasteiger partial charge in [0.15, 0.2) is 0 Å². The summed E-state index contributed by atoms with van der Waals surface area (Å²) in [6.45, 7) is -0.149. The van der Waals surface area contributed by atoms with E-state index in [0.717, 1.165) is 0 Å². The van der Waals surface area contributed by atoms with Crippen molar-refractivity contribution in [1.29, 1.82) is 0 Å². The Balaban J connectivity index is 2.55. The van der Waals surface area contributed by atoms with Crippen molar-refractivity contribution in [3.63, 3.8) is 0 Å². The third-order valence-electron chi connectivity index (χ3n) is 2.89. The summed E-state index contributed by atoms with van der Waals surface area (Å²) in [5.74, 6) is -2.80. The Bertz CT molecular complexity index is 388. The van der Waals surface area contributed by atoms with Crippen molar-refractivity contribution in [2.75, 3.05) is 6.54 Å². The fourth-order valence-corrected chi connectivity index (χ4v) is 2.64. The molecular weight excluding hydrogens is 243 g/mol. The highest BCUT2D eigenvalue weighted by atomic mass is 35.5. The second-order valence-corrected chi connectivity index (χ2v) is 4.58. The Hall–Kier alpha value is -0.380. The van der Waals surface area contributed by atoms with Gasteiger partial charge in [-0.15, -0.1) is 0 Å². The molecule has 0 radical (unpaired) electrons. The molecule has 1 atom stereocenters. The lowest BCUT2D eigenvalue weighted by molar-refractivity contribution is 0.0896. The van der Waals surface area contributed by atoms with E-state index >= 15 is 0 Å². The smallest absolute Gasteiger partial charge is 0.260 e. The number of hydrogen-bond donors (Lipinski definition) is 1. The monoisotopic (exact) mass is 251 g/mol. The van der Waals surface area contributed by atoms with E-state index < -0.39 is 11.3 Å². The maximum atomic E-state index is 13.3. The minimum atomic E-state index is -2.80. The van der Waals surface area contributed by atoms with Crippen LogP contribution in [-0.4, -0.2) is 12.5 Å². The first-order valence-electron chi connectivity index (χ1n) is 4.47. The van der Waals surface area contributed by atoms with Crippen LogP contribution in [0.1, 0.15) is 12.0 Å². The second kappa shape index (κ2) is 3.30. The maximum Gasteiger partial charge on any atom is 0.260 e. The van der Waals surface area contributed by atoms with E-state index in [4.69, 9.17) is 28.9 Å². The zero-order valence-corrected chi connectivity index (χ0v) is 9.25. The fraction of sp³-hybridized carbons (Fsp3) is 0.400. The Morgan fingerprint density at radius 1 is 1.27 bits per heavy atom. The molecule has 1 aromatic carbocycles. The largest absolute Gasteiger partial charge is 0.329 e. The first-order valence-corrected chi connectivity index (χ1v) is 5.22. The van der Waals surface area contributed by atoms with E-state index in [9.17, 15) is 8.78 Å². The number of nitrogens with two attached hydrogens (primary N) is 1. The van der Waals surface area contributed by atoms with Crippen molar-refractivity contribution in [2.45, 2.75) is 17.8 Å². The summed E-state index contributed by atoms with van der Waals surface area (Å²) in [6, 6.07) is 4.72. The van der Waals surface area contributed by atoms with Crippen molar-refractivity contribution >= 4 is 23.2 Å². The molecule has 0 saturated heterocycles. The molecule has 5 heteroatoms. The molecule has 0 aliphatic heterocycles. The molecule has 0 heterocycles. The molecule has 1 unspecified atom stereocenters. The van der Waals surface area contributed by atoms with Crippen LogP contribution < -0.4 is 5.73 Å². The molecule has 1 aliphatic carbocycles. The lowest BCUT2D eigenvalue weighted by Gasteiger charge is -2.17. The summed E-state index contributed by atoms with van der Waals surface area (Å²) in [4.78, 5) is 0. The molecule has 1 fully saturated rings. The predicted molar refractivity (Wildman–Crippen MR) is 56.8 cm³/mol. The molecule has 82 valence electrons. The van der Waals surface area contributed by atoms with Crippen molar-refractivity contribution in [1.82, 2.24) is 0 Å². The van der Waals surface area contributed by atoms with Gasteiger partial charge in [-0.25, -0.2) is 8.78 Å². The van der Waals surface area contributed by atoms with E-state index in [1.54, 1.807) is 18.2 Å². The average Bonchev–Trinajstić information content (AvgIpc) is 2.69. The molecule has 1 nitrogen and oxygen atoms in total. The average molecular weight is 252 g/mol. The molecule has 15 heavy (non-hydrogen) atoms. The van der Waals surface area contributed by atoms with E-state index in [1.165, 1.54) is 0 Å². The van der Waals surface area contributed by atoms with Crippen LogP contribution >= 0.6 is 23.2 Å². The standard InChI is InChI=1S/C10H9Cl2F2N/c11-6-2-1-3-7(12)8(6)9(5-15)4-10(9,13)14/h1-3H,4-5,15H2. The van der Waals surface area contributed by atoms with E-state index in [2.05, 4.69) is 0 Å². The molecule has 2 rings (SSSR count). The quantitative estimate of drug-likeness (QED) is 0.859. The summed E-state index contributed by atoms with van der Waals surface area (Å²) >= 11 is 11.8. The highest BCUT2D eigenvalue weighted by molar-refractivity contribution is 6.36. The first kappa shape index (κ1) is 11.1. The maximum absolute atomic E-state index is 13.3. The number of hydrogen-bond acceptors (Lipinski definition) is 1. The molecule has 1 saturated carbocycles. The van der Waals surface area contributed by atoms with Crippen molar-refractivity contribution in [3.8, 4) is 0 Å². The molecule has 1 aromatic rings. The predicted octanol–water partition coefficient (Wildman–Crippen LogP) is 3.23. The van der Waals surface area contributed by atoms with Crippen LogP contribution in [0.25, 0.3) is 0 Å². The molecular formula is C10H9Cl2F2N. The summed E-state index contributed by atoms with van der Waals surface area (Å²) in [6.07, 6.45) is -0.278. The SMILES string of the molecule is NCC1(c2c(Cl)cccc2Cl)CC1(F)F. The van der Waals surface area contributed by atoms with Gasteiger partial charge < -0.3 is 5.73 Å². The summed E-state index contributed by atoms with van der Waals surface area (Å²) in [5.41, 5.74) is 4.34. The van der Waals surface area contributed by atoms with Gasteiger partial charge in [-0.3, -0.25) is 0 Å². The van der Waals surface area contributed by atoms with Crippen LogP contribution in [0.3, 0.4) is 0 Å². The Kier molecular flexibility index (Phi) is 2.45. The van der Waals surface area contributed by atoms with Crippen LogP contribution in [0, 0.1) is 0 Å². The molecule has 0 bridgehead atoms. The lowest BCUT2D eigenvalue weighted by Crippen LogP contribution is -2.27. The fourth-order valence-electron chi connectivity index (χ4n) is 1.88. The normalized spacial score (nSPS) is 27.8. The van der Waals surface area contributed by atoms with E-state index in [1.807, 2.05) is 0 Å². The van der Waals surface area contributed by atoms with Gasteiger partial charge in [0.05, 0.1) is 5.41 Å². The second-order valence-electron chi connectivity index (χ2n) is 3.76. The van der Waals surface area contributed by atoms with Gasteiger partial charge in [-0.1, -0.05) is 29.3 Å². The molecule has 0 spiro atoms. The molecule has 0 amide bonds. The minimum Gasteiger partial charge on any atom is -0.329 e. The third-order valence-corrected chi connectivity index (χ3v) is 3.52. The highest BCUT2D eigenvalue weighted by Gasteiger charge is 2.72. The van der Waals surface area contributed by atoms with Gasteiger partial charge >= 0.3 is 0 Å². The van der Waals surface area contributed by atoms with E-state index in [-0.39, 0.29) is 28.6 Å². The van der Waals surface area contributed by atoms with E-state index in [0.29, 0.717) is 0 Å². The third kappa shape index (κ3) is 1.45. The number of rotatable bonds is 2. The number of benzene rings is 1.